The first-order valence-corrected chi connectivity index (χ1v) is 12.4. The zero-order chi connectivity index (χ0) is 22.1. The maximum absolute atomic E-state index is 12.0. The second-order valence-corrected chi connectivity index (χ2v) is 10.1. The lowest BCUT2D eigenvalue weighted by Crippen LogP contribution is -2.51. The van der Waals surface area contributed by atoms with Crippen molar-refractivity contribution in [2.75, 3.05) is 25.0 Å². The van der Waals surface area contributed by atoms with Gasteiger partial charge in [-0.3, -0.25) is 9.69 Å². The molecule has 1 spiro atoms. The minimum atomic E-state index is -0.124. The highest BCUT2D eigenvalue weighted by Gasteiger charge is 2.48. The summed E-state index contributed by atoms with van der Waals surface area (Å²) in [6.45, 7) is 7.59. The van der Waals surface area contributed by atoms with Crippen LogP contribution in [0.2, 0.25) is 0 Å². The lowest BCUT2D eigenvalue weighted by atomic mass is 9.55. The Balaban J connectivity index is 1.31. The monoisotopic (exact) mass is 450 g/mol. The molecule has 32 heavy (non-hydrogen) atoms. The highest BCUT2D eigenvalue weighted by molar-refractivity contribution is 7.99. The zero-order valence-corrected chi connectivity index (χ0v) is 19.6. The van der Waals surface area contributed by atoms with Gasteiger partial charge in [0.15, 0.2) is 5.82 Å². The molecule has 1 saturated heterocycles. The number of esters is 1. The van der Waals surface area contributed by atoms with Crippen LogP contribution < -0.4 is 5.32 Å². The number of carbonyl (C=O) groups excluding carboxylic acids is 1. The maximum atomic E-state index is 12.0. The number of hydrogen-bond donors (Lipinski definition) is 1. The van der Waals surface area contributed by atoms with Gasteiger partial charge in [0, 0.05) is 36.9 Å². The zero-order valence-electron chi connectivity index (χ0n) is 18.8. The standard InChI is InChI=1S/C25H30N4O2S/c1-3-31-22(30)8-6-19-16-29(14-17(2)25(19)9-4-10-25)15-18-5-7-21-20(13-18)28-23-24(32-21)27-12-11-26-23/h5-7,11-13,17H,3-4,8-10,14-16H2,1-2H3,(H,26,28)/b19-6+. The van der Waals surface area contributed by atoms with Gasteiger partial charge in [-0.15, -0.1) is 0 Å². The van der Waals surface area contributed by atoms with Gasteiger partial charge in [-0.2, -0.15) is 0 Å². The van der Waals surface area contributed by atoms with Crippen molar-refractivity contribution in [2.24, 2.45) is 11.3 Å². The van der Waals surface area contributed by atoms with Gasteiger partial charge < -0.3 is 10.1 Å². The predicted molar refractivity (Wildman–Crippen MR) is 126 cm³/mol. The van der Waals surface area contributed by atoms with E-state index in [4.69, 9.17) is 4.74 Å². The summed E-state index contributed by atoms with van der Waals surface area (Å²) in [7, 11) is 0. The number of aromatic nitrogens is 2. The number of nitrogens with zero attached hydrogens (tertiary/aromatic N) is 3. The van der Waals surface area contributed by atoms with Crippen molar-refractivity contribution < 1.29 is 9.53 Å². The van der Waals surface area contributed by atoms with Crippen LogP contribution in [0.15, 0.2) is 52.2 Å². The van der Waals surface area contributed by atoms with Crippen LogP contribution in [-0.2, 0) is 16.1 Å². The molecule has 2 fully saturated rings. The van der Waals surface area contributed by atoms with E-state index in [1.807, 2.05) is 6.92 Å². The van der Waals surface area contributed by atoms with Crippen molar-refractivity contribution in [1.82, 2.24) is 14.9 Å². The van der Waals surface area contributed by atoms with Crippen molar-refractivity contribution in [3.8, 4) is 0 Å². The molecule has 1 aromatic heterocycles. The normalized spacial score (nSPS) is 22.6. The summed E-state index contributed by atoms with van der Waals surface area (Å²) in [6.07, 6.45) is 9.78. The molecular weight excluding hydrogens is 420 g/mol. The first kappa shape index (κ1) is 21.5. The Morgan fingerprint density at radius 3 is 2.97 bits per heavy atom. The van der Waals surface area contributed by atoms with E-state index in [0.29, 0.717) is 24.4 Å². The van der Waals surface area contributed by atoms with Crippen LogP contribution >= 0.6 is 11.8 Å². The Morgan fingerprint density at radius 1 is 1.34 bits per heavy atom. The number of hydrogen-bond acceptors (Lipinski definition) is 7. The van der Waals surface area contributed by atoms with Crippen molar-refractivity contribution in [3.63, 3.8) is 0 Å². The fraction of sp³-hybridized carbons (Fsp3) is 0.480. The van der Waals surface area contributed by atoms with Crippen LogP contribution in [0.25, 0.3) is 0 Å². The average molecular weight is 451 g/mol. The molecule has 0 amide bonds. The van der Waals surface area contributed by atoms with Crippen LogP contribution in [0.3, 0.4) is 0 Å². The van der Waals surface area contributed by atoms with Gasteiger partial charge in [0.25, 0.3) is 0 Å². The molecule has 6 nitrogen and oxygen atoms in total. The van der Waals surface area contributed by atoms with Crippen LogP contribution in [-0.4, -0.2) is 40.5 Å². The predicted octanol–water partition coefficient (Wildman–Crippen LogP) is 5.19. The summed E-state index contributed by atoms with van der Waals surface area (Å²) in [5.41, 5.74) is 4.11. The van der Waals surface area contributed by atoms with E-state index in [9.17, 15) is 4.79 Å². The first-order valence-electron chi connectivity index (χ1n) is 11.5. The van der Waals surface area contributed by atoms with Crippen molar-refractivity contribution in [3.05, 3.63) is 47.8 Å². The number of rotatable bonds is 5. The summed E-state index contributed by atoms with van der Waals surface area (Å²) in [5.74, 6) is 1.29. The second-order valence-electron chi connectivity index (χ2n) is 9.09. The third-order valence-corrected chi connectivity index (χ3v) is 8.22. The molecule has 2 aromatic rings. The molecule has 7 heteroatoms. The van der Waals surface area contributed by atoms with Crippen LogP contribution in [0, 0.1) is 11.3 Å². The molecule has 1 N–H and O–H groups in total. The average Bonchev–Trinajstić information content (AvgIpc) is 2.75. The van der Waals surface area contributed by atoms with E-state index in [-0.39, 0.29) is 5.97 Å². The number of piperidine rings is 1. The van der Waals surface area contributed by atoms with Gasteiger partial charge in [-0.1, -0.05) is 42.8 Å². The highest BCUT2D eigenvalue weighted by atomic mass is 32.2. The first-order chi connectivity index (χ1) is 15.6. The molecule has 3 aliphatic rings. The lowest BCUT2D eigenvalue weighted by molar-refractivity contribution is -0.142. The number of benzene rings is 1. The number of likely N-dealkylation sites (tertiary alicyclic amines) is 1. The Hall–Kier alpha value is -2.38. The largest absolute Gasteiger partial charge is 0.466 e. The summed E-state index contributed by atoms with van der Waals surface area (Å²) in [4.78, 5) is 24.5. The Kier molecular flexibility index (Phi) is 5.95. The molecule has 3 heterocycles. The van der Waals surface area contributed by atoms with Crippen molar-refractivity contribution in [2.45, 2.75) is 56.0 Å². The summed E-state index contributed by atoms with van der Waals surface area (Å²) < 4.78 is 5.16. The Morgan fingerprint density at radius 2 is 2.19 bits per heavy atom. The van der Waals surface area contributed by atoms with E-state index < -0.39 is 0 Å². The van der Waals surface area contributed by atoms with E-state index in [0.717, 1.165) is 36.2 Å². The number of nitrogens with one attached hydrogen (secondary N) is 1. The van der Waals surface area contributed by atoms with Gasteiger partial charge in [0.2, 0.25) is 0 Å². The van der Waals surface area contributed by atoms with Crippen LogP contribution in [0.4, 0.5) is 11.5 Å². The lowest BCUT2D eigenvalue weighted by Gasteiger charge is -2.54. The number of carbonyl (C=O) groups is 1. The summed E-state index contributed by atoms with van der Waals surface area (Å²) >= 11 is 1.66. The molecule has 0 bridgehead atoms. The van der Waals surface area contributed by atoms with Gasteiger partial charge in [0.05, 0.1) is 18.7 Å². The number of anilines is 2. The molecule has 5 rings (SSSR count). The number of fused-ring (bicyclic) bond motifs is 2. The minimum Gasteiger partial charge on any atom is -0.466 e. The quantitative estimate of drug-likeness (QED) is 0.424. The van der Waals surface area contributed by atoms with E-state index >= 15 is 0 Å². The van der Waals surface area contributed by atoms with Crippen LogP contribution in [0.1, 0.15) is 45.1 Å². The smallest absolute Gasteiger partial charge is 0.309 e. The molecular formula is C25H30N4O2S. The van der Waals surface area contributed by atoms with E-state index in [1.165, 1.54) is 35.3 Å². The Labute approximate surface area is 193 Å². The molecule has 1 atom stereocenters. The summed E-state index contributed by atoms with van der Waals surface area (Å²) in [6, 6.07) is 6.63. The summed E-state index contributed by atoms with van der Waals surface area (Å²) in [5, 5.41) is 4.35. The van der Waals surface area contributed by atoms with Gasteiger partial charge >= 0.3 is 5.97 Å². The minimum absolute atomic E-state index is 0.124. The molecule has 2 aliphatic heterocycles. The second kappa shape index (κ2) is 8.87. The maximum Gasteiger partial charge on any atom is 0.309 e. The number of ether oxygens (including phenoxy) is 1. The van der Waals surface area contributed by atoms with Crippen molar-refractivity contribution in [1.29, 1.82) is 0 Å². The Bertz CT molecular complexity index is 1050. The van der Waals surface area contributed by atoms with Gasteiger partial charge in [-0.25, -0.2) is 9.97 Å². The van der Waals surface area contributed by atoms with Crippen molar-refractivity contribution >= 4 is 29.2 Å². The molecule has 1 unspecified atom stereocenters. The molecule has 1 aliphatic carbocycles. The van der Waals surface area contributed by atoms with Gasteiger partial charge in [-0.05, 0) is 48.8 Å². The van der Waals surface area contributed by atoms with Crippen LogP contribution in [0.5, 0.6) is 0 Å². The third kappa shape index (κ3) is 4.04. The van der Waals surface area contributed by atoms with Gasteiger partial charge in [0.1, 0.15) is 5.03 Å². The molecule has 168 valence electrons. The topological polar surface area (TPSA) is 67.3 Å². The molecule has 0 radical (unpaired) electrons. The fourth-order valence-electron chi connectivity index (χ4n) is 5.37. The third-order valence-electron chi connectivity index (χ3n) is 7.15. The SMILES string of the molecule is CCOC(=O)C/C=C1\CN(Cc2ccc3c(c2)Nc2nccnc2S3)CC(C)C12CCC2. The van der Waals surface area contributed by atoms with E-state index in [1.54, 1.807) is 24.2 Å². The highest BCUT2D eigenvalue weighted by Crippen LogP contribution is 2.55. The molecule has 1 saturated carbocycles. The molecule has 1 aromatic carbocycles. The van der Waals surface area contributed by atoms with E-state index in [2.05, 4.69) is 51.4 Å². The fourth-order valence-corrected chi connectivity index (χ4v) is 6.24.